The van der Waals surface area contributed by atoms with Crippen molar-refractivity contribution in [2.75, 3.05) is 5.32 Å². The van der Waals surface area contributed by atoms with Gasteiger partial charge >= 0.3 is 5.97 Å². The maximum Gasteiger partial charge on any atom is 0.303 e. The van der Waals surface area contributed by atoms with E-state index in [0.717, 1.165) is 11.3 Å². The number of aryl methyl sites for hydroxylation is 1. The molecule has 6 heteroatoms. The van der Waals surface area contributed by atoms with Crippen LogP contribution in [0.4, 0.5) is 5.13 Å². The third-order valence-corrected chi connectivity index (χ3v) is 3.65. The molecule has 2 aromatic rings. The van der Waals surface area contributed by atoms with Crippen molar-refractivity contribution in [2.45, 2.75) is 26.2 Å². The van der Waals surface area contributed by atoms with Crippen LogP contribution in [0.5, 0.6) is 0 Å². The first-order chi connectivity index (χ1) is 10.0. The Balaban J connectivity index is 1.92. The summed E-state index contributed by atoms with van der Waals surface area (Å²) in [5.74, 6) is -1.10. The number of aromatic nitrogens is 1. The molecule has 0 spiro atoms. The van der Waals surface area contributed by atoms with E-state index in [0.29, 0.717) is 11.6 Å². The summed E-state index contributed by atoms with van der Waals surface area (Å²) in [4.78, 5) is 26.4. The third-order valence-electron chi connectivity index (χ3n) is 2.89. The molecule has 0 aliphatic carbocycles. The lowest BCUT2D eigenvalue weighted by Crippen LogP contribution is -2.11. The van der Waals surface area contributed by atoms with E-state index < -0.39 is 5.97 Å². The number of hydrogen-bond donors (Lipinski definition) is 2. The second kappa shape index (κ2) is 6.99. The van der Waals surface area contributed by atoms with Gasteiger partial charge < -0.3 is 10.4 Å². The summed E-state index contributed by atoms with van der Waals surface area (Å²) in [6.07, 6.45) is 0.517. The van der Waals surface area contributed by atoms with E-state index in [1.165, 1.54) is 16.9 Å². The minimum Gasteiger partial charge on any atom is -0.481 e. The van der Waals surface area contributed by atoms with Crippen LogP contribution in [-0.2, 0) is 9.59 Å². The van der Waals surface area contributed by atoms with E-state index in [9.17, 15) is 9.59 Å². The average molecular weight is 304 g/mol. The number of anilines is 1. The zero-order valence-electron chi connectivity index (χ0n) is 11.6. The molecule has 5 nitrogen and oxygen atoms in total. The summed E-state index contributed by atoms with van der Waals surface area (Å²) in [5, 5.41) is 13.6. The van der Waals surface area contributed by atoms with E-state index in [1.807, 2.05) is 36.6 Å². The molecule has 0 atom stereocenters. The molecule has 1 aromatic carbocycles. The van der Waals surface area contributed by atoms with Gasteiger partial charge in [-0.2, -0.15) is 0 Å². The molecule has 0 saturated carbocycles. The van der Waals surface area contributed by atoms with Crippen LogP contribution in [0.25, 0.3) is 11.3 Å². The Labute approximate surface area is 126 Å². The Hall–Kier alpha value is -2.21. The molecular formula is C15H16N2O3S. The minimum atomic E-state index is -0.890. The SMILES string of the molecule is Cc1ccc(-c2csc(NC(=O)CCCC(=O)O)n2)cc1. The molecule has 0 bridgehead atoms. The van der Waals surface area contributed by atoms with Crippen molar-refractivity contribution < 1.29 is 14.7 Å². The lowest BCUT2D eigenvalue weighted by Gasteiger charge is -2.00. The van der Waals surface area contributed by atoms with Crippen molar-refractivity contribution in [2.24, 2.45) is 0 Å². The summed E-state index contributed by atoms with van der Waals surface area (Å²) in [5.41, 5.74) is 3.00. The van der Waals surface area contributed by atoms with Crippen LogP contribution < -0.4 is 5.32 Å². The number of rotatable bonds is 6. The van der Waals surface area contributed by atoms with Crippen molar-refractivity contribution in [1.29, 1.82) is 0 Å². The lowest BCUT2D eigenvalue weighted by molar-refractivity contribution is -0.137. The molecule has 2 N–H and O–H groups in total. The summed E-state index contributed by atoms with van der Waals surface area (Å²) in [6, 6.07) is 8.00. The Morgan fingerprint density at radius 2 is 1.95 bits per heavy atom. The van der Waals surface area contributed by atoms with Gasteiger partial charge in [0, 0.05) is 23.8 Å². The largest absolute Gasteiger partial charge is 0.481 e. The highest BCUT2D eigenvalue weighted by Gasteiger charge is 2.08. The molecule has 110 valence electrons. The van der Waals surface area contributed by atoms with Gasteiger partial charge in [0.2, 0.25) is 5.91 Å². The van der Waals surface area contributed by atoms with Crippen LogP contribution in [0.15, 0.2) is 29.6 Å². The predicted molar refractivity (Wildman–Crippen MR) is 82.4 cm³/mol. The first-order valence-electron chi connectivity index (χ1n) is 6.59. The molecule has 1 heterocycles. The molecule has 0 radical (unpaired) electrons. The van der Waals surface area contributed by atoms with Gasteiger partial charge in [-0.05, 0) is 13.3 Å². The molecule has 1 amide bonds. The molecule has 0 saturated heterocycles. The number of hydrogen-bond acceptors (Lipinski definition) is 4. The summed E-state index contributed by atoms with van der Waals surface area (Å²) in [7, 11) is 0. The smallest absolute Gasteiger partial charge is 0.303 e. The van der Waals surface area contributed by atoms with Crippen molar-refractivity contribution >= 4 is 28.3 Å². The van der Waals surface area contributed by atoms with E-state index in [4.69, 9.17) is 5.11 Å². The highest BCUT2D eigenvalue weighted by molar-refractivity contribution is 7.14. The number of carboxylic acid groups (broad SMARTS) is 1. The fourth-order valence-electron chi connectivity index (χ4n) is 1.77. The van der Waals surface area contributed by atoms with E-state index in [2.05, 4.69) is 10.3 Å². The Morgan fingerprint density at radius 3 is 2.62 bits per heavy atom. The zero-order chi connectivity index (χ0) is 15.2. The summed E-state index contributed by atoms with van der Waals surface area (Å²) < 4.78 is 0. The Morgan fingerprint density at radius 1 is 1.24 bits per heavy atom. The van der Waals surface area contributed by atoms with Gasteiger partial charge in [-0.15, -0.1) is 11.3 Å². The number of benzene rings is 1. The zero-order valence-corrected chi connectivity index (χ0v) is 12.4. The molecule has 0 aliphatic heterocycles. The van der Waals surface area contributed by atoms with Crippen LogP contribution in [0.2, 0.25) is 0 Å². The Bertz CT molecular complexity index is 635. The first-order valence-corrected chi connectivity index (χ1v) is 7.47. The van der Waals surface area contributed by atoms with E-state index in [-0.39, 0.29) is 18.7 Å². The van der Waals surface area contributed by atoms with Gasteiger partial charge in [-0.3, -0.25) is 9.59 Å². The molecule has 0 aliphatic rings. The normalized spacial score (nSPS) is 10.3. The van der Waals surface area contributed by atoms with Gasteiger partial charge in [0.1, 0.15) is 0 Å². The molecule has 21 heavy (non-hydrogen) atoms. The van der Waals surface area contributed by atoms with Crippen molar-refractivity contribution in [3.8, 4) is 11.3 Å². The molecular weight excluding hydrogens is 288 g/mol. The van der Waals surface area contributed by atoms with Crippen molar-refractivity contribution in [3.05, 3.63) is 35.2 Å². The lowest BCUT2D eigenvalue weighted by atomic mass is 10.1. The molecule has 2 rings (SSSR count). The number of carbonyl (C=O) groups excluding carboxylic acids is 1. The second-order valence-corrected chi connectivity index (χ2v) is 5.56. The molecule has 1 aromatic heterocycles. The fraction of sp³-hybridized carbons (Fsp3) is 0.267. The monoisotopic (exact) mass is 304 g/mol. The maximum atomic E-state index is 11.6. The highest BCUT2D eigenvalue weighted by Crippen LogP contribution is 2.25. The van der Waals surface area contributed by atoms with Crippen LogP contribution in [-0.4, -0.2) is 22.0 Å². The molecule has 0 fully saturated rings. The standard InChI is InChI=1S/C15H16N2O3S/c1-10-5-7-11(8-6-10)12-9-21-15(16-12)17-13(18)3-2-4-14(19)20/h5-9H,2-4H2,1H3,(H,19,20)(H,16,17,18). The number of carboxylic acids is 1. The quantitative estimate of drug-likeness (QED) is 0.858. The average Bonchev–Trinajstić information content (AvgIpc) is 2.87. The van der Waals surface area contributed by atoms with Gasteiger partial charge in [-0.25, -0.2) is 4.98 Å². The maximum absolute atomic E-state index is 11.6. The minimum absolute atomic E-state index is 0.0000938. The van der Waals surface area contributed by atoms with Crippen LogP contribution in [0.3, 0.4) is 0 Å². The van der Waals surface area contributed by atoms with Crippen LogP contribution >= 0.6 is 11.3 Å². The van der Waals surface area contributed by atoms with Gasteiger partial charge in [0.05, 0.1) is 5.69 Å². The predicted octanol–water partition coefficient (Wildman–Crippen LogP) is 3.31. The number of carbonyl (C=O) groups is 2. The number of amides is 1. The second-order valence-electron chi connectivity index (χ2n) is 4.70. The van der Waals surface area contributed by atoms with E-state index >= 15 is 0 Å². The third kappa shape index (κ3) is 4.68. The van der Waals surface area contributed by atoms with Crippen molar-refractivity contribution in [3.63, 3.8) is 0 Å². The first kappa shape index (κ1) is 15.2. The molecule has 0 unspecified atom stereocenters. The number of thiazole rings is 1. The number of nitrogens with one attached hydrogen (secondary N) is 1. The van der Waals surface area contributed by atoms with Gasteiger partial charge in [-0.1, -0.05) is 29.8 Å². The topological polar surface area (TPSA) is 79.3 Å². The van der Waals surface area contributed by atoms with E-state index in [1.54, 1.807) is 0 Å². The van der Waals surface area contributed by atoms with Gasteiger partial charge in [0.25, 0.3) is 0 Å². The Kier molecular flexibility index (Phi) is 5.05. The van der Waals surface area contributed by atoms with Crippen LogP contribution in [0.1, 0.15) is 24.8 Å². The van der Waals surface area contributed by atoms with Crippen LogP contribution in [0, 0.1) is 6.92 Å². The number of nitrogens with zero attached hydrogens (tertiary/aromatic N) is 1. The highest BCUT2D eigenvalue weighted by atomic mass is 32.1. The fourth-order valence-corrected chi connectivity index (χ4v) is 2.51. The number of aliphatic carboxylic acids is 1. The summed E-state index contributed by atoms with van der Waals surface area (Å²) in [6.45, 7) is 2.02. The van der Waals surface area contributed by atoms with Gasteiger partial charge in [0.15, 0.2) is 5.13 Å². The van der Waals surface area contributed by atoms with Crippen molar-refractivity contribution in [1.82, 2.24) is 4.98 Å². The summed E-state index contributed by atoms with van der Waals surface area (Å²) >= 11 is 1.36.